The Balaban J connectivity index is 1.37. The monoisotopic (exact) mass is 541 g/mol. The van der Waals surface area contributed by atoms with Gasteiger partial charge in [0.15, 0.2) is 17.3 Å². The van der Waals surface area contributed by atoms with Gasteiger partial charge in [0.1, 0.15) is 0 Å². The minimum Gasteiger partial charge on any atom is -0.462 e. The number of dihydropyridines is 1. The highest BCUT2D eigenvalue weighted by Gasteiger charge is 2.42. The lowest BCUT2D eigenvalue weighted by molar-refractivity contribution is -0.139. The van der Waals surface area contributed by atoms with Gasteiger partial charge < -0.3 is 19.5 Å². The number of hydrogen-bond acceptors (Lipinski definition) is 6. The van der Waals surface area contributed by atoms with Gasteiger partial charge in [0.05, 0.1) is 12.2 Å². The molecule has 6 nitrogen and oxygen atoms in total. The van der Waals surface area contributed by atoms with E-state index in [0.717, 1.165) is 16.8 Å². The summed E-state index contributed by atoms with van der Waals surface area (Å²) in [5, 5.41) is 3.80. The van der Waals surface area contributed by atoms with Crippen molar-refractivity contribution >= 4 is 23.4 Å². The van der Waals surface area contributed by atoms with E-state index in [1.807, 2.05) is 55.5 Å². The Morgan fingerprint density at radius 1 is 1.00 bits per heavy atom. The molecule has 1 N–H and O–H groups in total. The van der Waals surface area contributed by atoms with Crippen molar-refractivity contribution in [1.29, 1.82) is 0 Å². The number of benzene rings is 3. The molecular weight excluding hydrogens is 514 g/mol. The van der Waals surface area contributed by atoms with Crippen LogP contribution in [0.15, 0.2) is 95.3 Å². The number of Topliss-reactive ketones (excluding diaryl/α,β-unsaturated/α-hetero) is 1. The molecule has 0 saturated heterocycles. The third kappa shape index (κ3) is 4.92. The summed E-state index contributed by atoms with van der Waals surface area (Å²) < 4.78 is 16.9. The lowest BCUT2D eigenvalue weighted by Crippen LogP contribution is -2.36. The average molecular weight is 542 g/mol. The number of esters is 1. The van der Waals surface area contributed by atoms with E-state index in [-0.39, 0.29) is 25.1 Å². The van der Waals surface area contributed by atoms with Gasteiger partial charge in [-0.1, -0.05) is 72.3 Å². The van der Waals surface area contributed by atoms with Crippen molar-refractivity contribution in [2.24, 2.45) is 0 Å². The van der Waals surface area contributed by atoms with Crippen LogP contribution in [0.1, 0.15) is 48.3 Å². The molecule has 2 aliphatic heterocycles. The van der Waals surface area contributed by atoms with Crippen LogP contribution in [0.25, 0.3) is 0 Å². The summed E-state index contributed by atoms with van der Waals surface area (Å²) >= 11 is 6.78. The van der Waals surface area contributed by atoms with Gasteiger partial charge in [-0.05, 0) is 42.0 Å². The van der Waals surface area contributed by atoms with Crippen LogP contribution in [0.5, 0.6) is 11.5 Å². The van der Waals surface area contributed by atoms with Crippen LogP contribution in [0, 0.1) is 0 Å². The summed E-state index contributed by atoms with van der Waals surface area (Å²) in [6.45, 7) is 2.16. The molecule has 3 aromatic rings. The molecule has 2 heterocycles. The Labute approximate surface area is 232 Å². The lowest BCUT2D eigenvalue weighted by atomic mass is 9.71. The molecule has 0 fully saturated rings. The van der Waals surface area contributed by atoms with E-state index in [9.17, 15) is 9.59 Å². The molecule has 2 atom stereocenters. The lowest BCUT2D eigenvalue weighted by Gasteiger charge is -2.37. The number of rotatable bonds is 6. The largest absolute Gasteiger partial charge is 0.462 e. The highest BCUT2D eigenvalue weighted by Crippen LogP contribution is 2.49. The molecule has 3 aromatic carbocycles. The van der Waals surface area contributed by atoms with E-state index < -0.39 is 11.9 Å². The number of ether oxygens (including phenoxy) is 3. The van der Waals surface area contributed by atoms with E-state index in [1.165, 1.54) is 0 Å². The van der Waals surface area contributed by atoms with Crippen LogP contribution >= 0.6 is 11.6 Å². The first-order valence-corrected chi connectivity index (χ1v) is 13.5. The minimum absolute atomic E-state index is 0.0153. The molecule has 198 valence electrons. The number of ketones is 1. The van der Waals surface area contributed by atoms with E-state index in [2.05, 4.69) is 17.4 Å². The van der Waals surface area contributed by atoms with E-state index in [0.29, 0.717) is 58.2 Å². The third-order valence-corrected chi connectivity index (χ3v) is 7.92. The molecule has 1 aliphatic carbocycles. The number of carbonyl (C=O) groups is 2. The Bertz CT molecular complexity index is 1500. The second kappa shape index (κ2) is 10.6. The molecule has 0 saturated carbocycles. The van der Waals surface area contributed by atoms with Gasteiger partial charge in [0, 0.05) is 46.8 Å². The standard InChI is InChI=1S/C32H28ClNO5/c1-19-29(32(36)37-13-12-20-8-4-2-5-9-20)30(23-16-27-28(17-24(23)33)39-18-38-27)31-25(34-19)14-22(15-26(31)35)21-10-6-3-7-11-21/h2-11,16-17,22,30,34H,12-15,18H2,1H3/t22-,30+/m1/s1. The number of fused-ring (bicyclic) bond motifs is 1. The van der Waals surface area contributed by atoms with Crippen LogP contribution in [0.3, 0.4) is 0 Å². The summed E-state index contributed by atoms with van der Waals surface area (Å²) in [6.07, 6.45) is 1.59. The number of nitrogens with one attached hydrogen (secondary N) is 1. The SMILES string of the molecule is CC1=C(C(=O)OCCc2ccccc2)[C@H](c2cc3c(cc2Cl)OCO3)C2=C(C[C@@H](c3ccccc3)CC2=O)N1. The second-order valence-electron chi connectivity index (χ2n) is 10.0. The van der Waals surface area contributed by atoms with Gasteiger partial charge in [0.2, 0.25) is 6.79 Å². The van der Waals surface area contributed by atoms with Crippen LogP contribution in [-0.2, 0) is 20.7 Å². The summed E-state index contributed by atoms with van der Waals surface area (Å²) in [4.78, 5) is 27.5. The maximum Gasteiger partial charge on any atom is 0.336 e. The molecule has 39 heavy (non-hydrogen) atoms. The quantitative estimate of drug-likeness (QED) is 0.374. The first-order chi connectivity index (χ1) is 19.0. The fraction of sp³-hybridized carbons (Fsp3) is 0.250. The Morgan fingerprint density at radius 2 is 1.69 bits per heavy atom. The fourth-order valence-electron chi connectivity index (χ4n) is 5.72. The van der Waals surface area contributed by atoms with Crippen molar-refractivity contribution < 1.29 is 23.8 Å². The maximum absolute atomic E-state index is 13.8. The van der Waals surface area contributed by atoms with Gasteiger partial charge in [0.25, 0.3) is 0 Å². The summed E-state index contributed by atoms with van der Waals surface area (Å²) in [7, 11) is 0. The van der Waals surface area contributed by atoms with Crippen molar-refractivity contribution in [2.45, 2.75) is 38.0 Å². The molecule has 0 aromatic heterocycles. The van der Waals surface area contributed by atoms with Crippen LogP contribution in [0.2, 0.25) is 5.02 Å². The van der Waals surface area contributed by atoms with Crippen molar-refractivity contribution in [2.75, 3.05) is 13.4 Å². The van der Waals surface area contributed by atoms with Crippen LogP contribution < -0.4 is 14.8 Å². The van der Waals surface area contributed by atoms with Gasteiger partial charge in [-0.25, -0.2) is 4.79 Å². The highest BCUT2D eigenvalue weighted by molar-refractivity contribution is 6.32. The average Bonchev–Trinajstić information content (AvgIpc) is 3.40. The smallest absolute Gasteiger partial charge is 0.336 e. The van der Waals surface area contributed by atoms with E-state index in [4.69, 9.17) is 25.8 Å². The van der Waals surface area contributed by atoms with Crippen molar-refractivity contribution in [3.05, 3.63) is 117 Å². The fourth-order valence-corrected chi connectivity index (χ4v) is 5.98. The molecule has 0 bridgehead atoms. The minimum atomic E-state index is -0.684. The van der Waals surface area contributed by atoms with Gasteiger partial charge >= 0.3 is 5.97 Å². The predicted molar refractivity (Wildman–Crippen MR) is 148 cm³/mol. The Hall–Kier alpha value is -4.03. The number of halogens is 1. The number of carbonyl (C=O) groups excluding carboxylic acids is 2. The van der Waals surface area contributed by atoms with Gasteiger partial charge in [-0.15, -0.1) is 0 Å². The zero-order chi connectivity index (χ0) is 26.9. The number of hydrogen-bond donors (Lipinski definition) is 1. The van der Waals surface area contributed by atoms with Crippen molar-refractivity contribution in [3.8, 4) is 11.5 Å². The third-order valence-electron chi connectivity index (χ3n) is 7.59. The first-order valence-electron chi connectivity index (χ1n) is 13.1. The topological polar surface area (TPSA) is 73.9 Å². The summed E-state index contributed by atoms with van der Waals surface area (Å²) in [5.74, 6) is -0.0482. The van der Waals surface area contributed by atoms with Crippen molar-refractivity contribution in [3.63, 3.8) is 0 Å². The Kier molecular flexibility index (Phi) is 6.88. The first kappa shape index (κ1) is 25.3. The molecule has 0 amide bonds. The highest BCUT2D eigenvalue weighted by atomic mass is 35.5. The molecule has 7 heteroatoms. The van der Waals surface area contributed by atoms with Gasteiger partial charge in [-0.3, -0.25) is 4.79 Å². The molecular formula is C32H28ClNO5. The van der Waals surface area contributed by atoms with E-state index >= 15 is 0 Å². The van der Waals surface area contributed by atoms with E-state index in [1.54, 1.807) is 12.1 Å². The van der Waals surface area contributed by atoms with Crippen molar-refractivity contribution in [1.82, 2.24) is 5.32 Å². The Morgan fingerprint density at radius 3 is 2.44 bits per heavy atom. The van der Waals surface area contributed by atoms with Crippen LogP contribution in [0.4, 0.5) is 0 Å². The molecule has 3 aliphatic rings. The molecule has 0 radical (unpaired) electrons. The normalized spacial score (nSPS) is 20.0. The molecule has 6 rings (SSSR count). The summed E-state index contributed by atoms with van der Waals surface area (Å²) in [6, 6.07) is 23.4. The molecule has 0 unspecified atom stereocenters. The van der Waals surface area contributed by atoms with Crippen LogP contribution in [-0.4, -0.2) is 25.2 Å². The second-order valence-corrected chi connectivity index (χ2v) is 10.4. The van der Waals surface area contributed by atoms with Gasteiger partial charge in [-0.2, -0.15) is 0 Å². The summed E-state index contributed by atoms with van der Waals surface area (Å²) in [5.41, 5.74) is 5.22. The maximum atomic E-state index is 13.8. The predicted octanol–water partition coefficient (Wildman–Crippen LogP) is 6.22. The number of allylic oxidation sites excluding steroid dienone is 3. The zero-order valence-electron chi connectivity index (χ0n) is 21.5. The zero-order valence-corrected chi connectivity index (χ0v) is 22.3. The molecule has 0 spiro atoms.